The number of thiophene rings is 1. The molecule has 0 bridgehead atoms. The lowest BCUT2D eigenvalue weighted by molar-refractivity contribution is 0.0941. The first-order valence-corrected chi connectivity index (χ1v) is 9.56. The number of nitrogens with one attached hydrogen (secondary N) is 1. The van der Waals surface area contributed by atoms with Crippen LogP contribution in [0.2, 0.25) is 0 Å². The molecule has 5 nitrogen and oxygen atoms in total. The highest BCUT2D eigenvalue weighted by molar-refractivity contribution is 7.10. The molecular formula is C20H23FN4OS. The Kier molecular flexibility index (Phi) is 5.72. The zero-order valence-corrected chi connectivity index (χ0v) is 16.7. The van der Waals surface area contributed by atoms with E-state index in [0.29, 0.717) is 17.8 Å². The molecule has 0 aliphatic carbocycles. The summed E-state index contributed by atoms with van der Waals surface area (Å²) in [5, 5.41) is 9.54. The standard InChI is InChI=1S/C20H23FN4OS/c1-13-19(14(2)25(23-13)16-9-7-15(21)8-10-16)20(26)22-12-17(24(3)4)18-6-5-11-27-18/h5-11,17H,12H2,1-4H3,(H,22,26)/t17-/m0/s1. The van der Waals surface area contributed by atoms with Crippen LogP contribution in [0, 0.1) is 19.7 Å². The summed E-state index contributed by atoms with van der Waals surface area (Å²) < 4.78 is 14.8. The molecule has 0 spiro atoms. The van der Waals surface area contributed by atoms with Gasteiger partial charge in [0.05, 0.1) is 28.7 Å². The number of hydrogen-bond donors (Lipinski definition) is 1. The van der Waals surface area contributed by atoms with Crippen LogP contribution in [0.1, 0.15) is 32.7 Å². The fourth-order valence-corrected chi connectivity index (χ4v) is 4.02. The predicted octanol–water partition coefficient (Wildman–Crippen LogP) is 3.72. The fraction of sp³-hybridized carbons (Fsp3) is 0.300. The number of carbonyl (C=O) groups excluding carboxylic acids is 1. The minimum atomic E-state index is -0.304. The number of likely N-dealkylation sites (N-methyl/N-ethyl adjacent to an activating group) is 1. The second-order valence-electron chi connectivity index (χ2n) is 6.64. The Morgan fingerprint density at radius 2 is 1.96 bits per heavy atom. The Balaban J connectivity index is 1.80. The summed E-state index contributed by atoms with van der Waals surface area (Å²) in [4.78, 5) is 16.1. The molecule has 1 aromatic carbocycles. The SMILES string of the molecule is Cc1nn(-c2ccc(F)cc2)c(C)c1C(=O)NC[C@@H](c1cccs1)N(C)C. The highest BCUT2D eigenvalue weighted by atomic mass is 32.1. The average molecular weight is 386 g/mol. The van der Waals surface area contributed by atoms with Gasteiger partial charge in [-0.15, -0.1) is 11.3 Å². The molecule has 7 heteroatoms. The van der Waals surface area contributed by atoms with Crippen molar-refractivity contribution in [3.05, 3.63) is 69.4 Å². The molecule has 0 aliphatic rings. The minimum Gasteiger partial charge on any atom is -0.350 e. The number of amides is 1. The van der Waals surface area contributed by atoms with Crippen LogP contribution in [0.5, 0.6) is 0 Å². The molecule has 0 unspecified atom stereocenters. The first kappa shape index (κ1) is 19.3. The van der Waals surface area contributed by atoms with Crippen molar-refractivity contribution in [2.24, 2.45) is 0 Å². The van der Waals surface area contributed by atoms with Crippen molar-refractivity contribution >= 4 is 17.2 Å². The lowest BCUT2D eigenvalue weighted by Crippen LogP contribution is -2.34. The van der Waals surface area contributed by atoms with Gasteiger partial charge in [0.2, 0.25) is 0 Å². The Morgan fingerprint density at radius 3 is 2.56 bits per heavy atom. The number of benzene rings is 1. The van der Waals surface area contributed by atoms with E-state index in [2.05, 4.69) is 21.4 Å². The van der Waals surface area contributed by atoms with E-state index in [1.807, 2.05) is 39.4 Å². The Bertz CT molecular complexity index is 916. The monoisotopic (exact) mass is 386 g/mol. The molecular weight excluding hydrogens is 363 g/mol. The van der Waals surface area contributed by atoms with Gasteiger partial charge in [0.1, 0.15) is 5.82 Å². The maximum atomic E-state index is 13.2. The summed E-state index contributed by atoms with van der Waals surface area (Å²) in [7, 11) is 4.00. The Labute approximate surface area is 162 Å². The van der Waals surface area contributed by atoms with Gasteiger partial charge in [-0.1, -0.05) is 6.07 Å². The van der Waals surface area contributed by atoms with Crippen LogP contribution in [0.3, 0.4) is 0 Å². The van der Waals surface area contributed by atoms with Gasteiger partial charge in [0.25, 0.3) is 5.91 Å². The minimum absolute atomic E-state index is 0.113. The van der Waals surface area contributed by atoms with E-state index < -0.39 is 0 Å². The molecule has 0 fully saturated rings. The third kappa shape index (κ3) is 4.09. The van der Waals surface area contributed by atoms with Crippen molar-refractivity contribution in [2.75, 3.05) is 20.6 Å². The van der Waals surface area contributed by atoms with Gasteiger partial charge in [-0.2, -0.15) is 5.10 Å². The molecule has 27 heavy (non-hydrogen) atoms. The van der Waals surface area contributed by atoms with Crippen LogP contribution in [0.4, 0.5) is 4.39 Å². The molecule has 0 aliphatic heterocycles. The normalized spacial score (nSPS) is 12.4. The van der Waals surface area contributed by atoms with E-state index in [1.54, 1.807) is 28.2 Å². The van der Waals surface area contributed by atoms with Crippen molar-refractivity contribution in [1.29, 1.82) is 0 Å². The molecule has 3 aromatic rings. The van der Waals surface area contributed by atoms with Crippen LogP contribution in [0.15, 0.2) is 41.8 Å². The number of hydrogen-bond acceptors (Lipinski definition) is 4. The second-order valence-corrected chi connectivity index (χ2v) is 7.62. The molecule has 142 valence electrons. The molecule has 2 heterocycles. The van der Waals surface area contributed by atoms with E-state index in [-0.39, 0.29) is 17.8 Å². The molecule has 0 radical (unpaired) electrons. The summed E-state index contributed by atoms with van der Waals surface area (Å²) in [5.74, 6) is -0.455. The topological polar surface area (TPSA) is 50.2 Å². The maximum Gasteiger partial charge on any atom is 0.255 e. The summed E-state index contributed by atoms with van der Waals surface area (Å²) >= 11 is 1.68. The van der Waals surface area contributed by atoms with E-state index in [1.165, 1.54) is 17.0 Å². The molecule has 3 rings (SSSR count). The summed E-state index contributed by atoms with van der Waals surface area (Å²) in [5.41, 5.74) is 2.66. The molecule has 0 saturated carbocycles. The van der Waals surface area contributed by atoms with E-state index in [0.717, 1.165) is 11.4 Å². The molecule has 0 saturated heterocycles. The number of aryl methyl sites for hydroxylation is 1. The molecule has 1 atom stereocenters. The van der Waals surface area contributed by atoms with Gasteiger partial charge in [-0.3, -0.25) is 4.79 Å². The molecule has 2 aromatic heterocycles. The largest absolute Gasteiger partial charge is 0.350 e. The maximum absolute atomic E-state index is 13.2. The van der Waals surface area contributed by atoms with Crippen LogP contribution in [-0.2, 0) is 0 Å². The van der Waals surface area contributed by atoms with Crippen molar-refractivity contribution in [1.82, 2.24) is 20.0 Å². The van der Waals surface area contributed by atoms with E-state index in [9.17, 15) is 9.18 Å². The third-order valence-corrected chi connectivity index (χ3v) is 5.51. The Hall–Kier alpha value is -2.51. The summed E-state index contributed by atoms with van der Waals surface area (Å²) in [6.45, 7) is 4.17. The highest BCUT2D eigenvalue weighted by Crippen LogP contribution is 2.23. The van der Waals surface area contributed by atoms with Crippen molar-refractivity contribution in [3.8, 4) is 5.69 Å². The van der Waals surface area contributed by atoms with Crippen molar-refractivity contribution < 1.29 is 9.18 Å². The highest BCUT2D eigenvalue weighted by Gasteiger charge is 2.22. The van der Waals surface area contributed by atoms with E-state index >= 15 is 0 Å². The van der Waals surface area contributed by atoms with Gasteiger partial charge in [-0.05, 0) is 63.7 Å². The number of aromatic nitrogens is 2. The van der Waals surface area contributed by atoms with Gasteiger partial charge in [-0.25, -0.2) is 9.07 Å². The first-order chi connectivity index (χ1) is 12.9. The summed E-state index contributed by atoms with van der Waals surface area (Å²) in [6.07, 6.45) is 0. The molecule has 1 N–H and O–H groups in total. The van der Waals surface area contributed by atoms with Gasteiger partial charge < -0.3 is 10.2 Å². The number of rotatable bonds is 6. The molecule has 1 amide bonds. The number of nitrogens with zero attached hydrogens (tertiary/aromatic N) is 3. The second kappa shape index (κ2) is 8.02. The van der Waals surface area contributed by atoms with Crippen molar-refractivity contribution in [3.63, 3.8) is 0 Å². The smallest absolute Gasteiger partial charge is 0.255 e. The average Bonchev–Trinajstić information content (AvgIpc) is 3.24. The third-order valence-electron chi connectivity index (χ3n) is 4.54. The van der Waals surface area contributed by atoms with Crippen LogP contribution >= 0.6 is 11.3 Å². The number of halogens is 1. The van der Waals surface area contributed by atoms with Gasteiger partial charge in [0, 0.05) is 11.4 Å². The lowest BCUT2D eigenvalue weighted by Gasteiger charge is -2.23. The van der Waals surface area contributed by atoms with Crippen LogP contribution in [0.25, 0.3) is 5.69 Å². The fourth-order valence-electron chi connectivity index (χ4n) is 3.10. The number of carbonyl (C=O) groups is 1. The van der Waals surface area contributed by atoms with Crippen LogP contribution < -0.4 is 5.32 Å². The predicted molar refractivity (Wildman–Crippen MR) is 106 cm³/mol. The van der Waals surface area contributed by atoms with E-state index in [4.69, 9.17) is 0 Å². The zero-order valence-electron chi connectivity index (χ0n) is 15.9. The lowest BCUT2D eigenvalue weighted by atomic mass is 10.1. The van der Waals surface area contributed by atoms with Gasteiger partial charge in [0.15, 0.2) is 0 Å². The van der Waals surface area contributed by atoms with Crippen LogP contribution in [-0.4, -0.2) is 41.2 Å². The summed E-state index contributed by atoms with van der Waals surface area (Å²) in [6, 6.07) is 10.3. The van der Waals surface area contributed by atoms with Crippen molar-refractivity contribution in [2.45, 2.75) is 19.9 Å². The zero-order chi connectivity index (χ0) is 19.6. The first-order valence-electron chi connectivity index (χ1n) is 8.68. The van der Waals surface area contributed by atoms with Gasteiger partial charge >= 0.3 is 0 Å². The quantitative estimate of drug-likeness (QED) is 0.702. The Morgan fingerprint density at radius 1 is 1.26 bits per heavy atom.